The molecule has 0 fully saturated rings. The van der Waals surface area contributed by atoms with Crippen LogP contribution in [-0.4, -0.2) is 19.9 Å². The molecule has 0 N–H and O–H groups in total. The van der Waals surface area contributed by atoms with Crippen molar-refractivity contribution in [2.75, 3.05) is 0 Å². The monoisotopic (exact) mass is 234 g/mol. The van der Waals surface area contributed by atoms with Crippen molar-refractivity contribution in [3.63, 3.8) is 0 Å². The molecular formula is C14H10N4. The van der Waals surface area contributed by atoms with Crippen molar-refractivity contribution in [1.82, 2.24) is 19.9 Å². The quantitative estimate of drug-likeness (QED) is 0.684. The molecule has 0 unspecified atom stereocenters. The molecule has 0 radical (unpaired) electrons. The third-order valence-corrected chi connectivity index (χ3v) is 2.54. The fraction of sp³-hybridized carbons (Fsp3) is 0. The Morgan fingerprint density at radius 3 is 2.17 bits per heavy atom. The zero-order valence-electron chi connectivity index (χ0n) is 9.56. The highest BCUT2D eigenvalue weighted by Gasteiger charge is 2.03. The minimum atomic E-state index is 0.767. The van der Waals surface area contributed by atoms with E-state index in [0.29, 0.717) is 0 Å². The summed E-state index contributed by atoms with van der Waals surface area (Å²) in [6.45, 7) is 0. The van der Waals surface area contributed by atoms with Gasteiger partial charge in [-0.1, -0.05) is 6.07 Å². The lowest BCUT2D eigenvalue weighted by Gasteiger charge is -2.01. The topological polar surface area (TPSA) is 51.6 Å². The van der Waals surface area contributed by atoms with Crippen LogP contribution in [0.25, 0.3) is 22.6 Å². The van der Waals surface area contributed by atoms with Gasteiger partial charge in [0.25, 0.3) is 0 Å². The highest BCUT2D eigenvalue weighted by Crippen LogP contribution is 2.17. The Balaban J connectivity index is 1.95. The first-order valence-corrected chi connectivity index (χ1v) is 5.57. The van der Waals surface area contributed by atoms with E-state index in [1.54, 1.807) is 31.0 Å². The molecule has 18 heavy (non-hydrogen) atoms. The molecular weight excluding hydrogens is 224 g/mol. The highest BCUT2D eigenvalue weighted by atomic mass is 14.8. The molecule has 0 spiro atoms. The largest absolute Gasteiger partial charge is 0.264 e. The third-order valence-electron chi connectivity index (χ3n) is 2.54. The van der Waals surface area contributed by atoms with Gasteiger partial charge in [-0.05, 0) is 24.3 Å². The summed E-state index contributed by atoms with van der Waals surface area (Å²) < 4.78 is 0. The van der Waals surface area contributed by atoms with Gasteiger partial charge in [0.1, 0.15) is 5.69 Å². The first-order valence-electron chi connectivity index (χ1n) is 5.57. The van der Waals surface area contributed by atoms with Crippen molar-refractivity contribution in [2.24, 2.45) is 0 Å². The van der Waals surface area contributed by atoms with Crippen molar-refractivity contribution < 1.29 is 0 Å². The maximum Gasteiger partial charge on any atom is 0.107 e. The van der Waals surface area contributed by atoms with Gasteiger partial charge in [0.05, 0.1) is 23.8 Å². The summed E-state index contributed by atoms with van der Waals surface area (Å²) in [5, 5.41) is 0. The van der Waals surface area contributed by atoms with Gasteiger partial charge in [-0.15, -0.1) is 0 Å². The molecule has 0 saturated carbocycles. The van der Waals surface area contributed by atoms with Crippen LogP contribution >= 0.6 is 0 Å². The second-order valence-corrected chi connectivity index (χ2v) is 3.74. The second kappa shape index (κ2) is 4.71. The number of hydrogen-bond acceptors (Lipinski definition) is 4. The number of aromatic nitrogens is 4. The Labute approximate surface area is 104 Å². The van der Waals surface area contributed by atoms with Crippen LogP contribution in [0.15, 0.2) is 61.3 Å². The van der Waals surface area contributed by atoms with Crippen molar-refractivity contribution in [2.45, 2.75) is 0 Å². The Morgan fingerprint density at radius 1 is 0.611 bits per heavy atom. The molecule has 3 aromatic heterocycles. The fourth-order valence-corrected chi connectivity index (χ4v) is 1.64. The van der Waals surface area contributed by atoms with Crippen LogP contribution in [0.5, 0.6) is 0 Å². The summed E-state index contributed by atoms with van der Waals surface area (Å²) >= 11 is 0. The molecule has 3 aromatic rings. The van der Waals surface area contributed by atoms with Crippen LogP contribution in [0.4, 0.5) is 0 Å². The number of rotatable bonds is 2. The van der Waals surface area contributed by atoms with Gasteiger partial charge in [0.2, 0.25) is 0 Å². The predicted octanol–water partition coefficient (Wildman–Crippen LogP) is 2.60. The summed E-state index contributed by atoms with van der Waals surface area (Å²) in [5.74, 6) is 0. The van der Waals surface area contributed by atoms with E-state index in [9.17, 15) is 0 Å². The van der Waals surface area contributed by atoms with Crippen molar-refractivity contribution in [3.05, 3.63) is 61.3 Å². The molecule has 86 valence electrons. The van der Waals surface area contributed by atoms with Gasteiger partial charge in [0, 0.05) is 24.2 Å². The van der Waals surface area contributed by atoms with E-state index in [0.717, 1.165) is 22.6 Å². The summed E-state index contributed by atoms with van der Waals surface area (Å²) in [5.41, 5.74) is 3.35. The van der Waals surface area contributed by atoms with Crippen molar-refractivity contribution in [3.8, 4) is 22.6 Å². The van der Waals surface area contributed by atoms with Gasteiger partial charge < -0.3 is 0 Å². The molecule has 0 aliphatic carbocycles. The smallest absolute Gasteiger partial charge is 0.107 e. The zero-order valence-corrected chi connectivity index (χ0v) is 9.56. The van der Waals surface area contributed by atoms with E-state index in [4.69, 9.17) is 0 Å². The molecule has 4 heteroatoms. The van der Waals surface area contributed by atoms with Gasteiger partial charge in [-0.25, -0.2) is 0 Å². The first-order chi connectivity index (χ1) is 8.93. The summed E-state index contributed by atoms with van der Waals surface area (Å²) in [6, 6.07) is 9.55. The summed E-state index contributed by atoms with van der Waals surface area (Å²) in [6.07, 6.45) is 8.71. The van der Waals surface area contributed by atoms with E-state index in [1.807, 2.05) is 30.3 Å². The SMILES string of the molecule is c1ccc(-c2cnc(-c3cccnc3)cn2)nc1. The average molecular weight is 234 g/mol. The molecule has 0 bridgehead atoms. The summed E-state index contributed by atoms with van der Waals surface area (Å²) in [4.78, 5) is 17.1. The fourth-order valence-electron chi connectivity index (χ4n) is 1.64. The molecule has 0 aromatic carbocycles. The highest BCUT2D eigenvalue weighted by molar-refractivity contribution is 5.59. The molecule has 3 heterocycles. The molecule has 3 rings (SSSR count). The van der Waals surface area contributed by atoms with Crippen LogP contribution in [0.2, 0.25) is 0 Å². The van der Waals surface area contributed by atoms with Crippen LogP contribution in [0, 0.1) is 0 Å². The van der Waals surface area contributed by atoms with Gasteiger partial charge in [-0.3, -0.25) is 19.9 Å². The predicted molar refractivity (Wildman–Crippen MR) is 68.5 cm³/mol. The van der Waals surface area contributed by atoms with E-state index in [1.165, 1.54) is 0 Å². The van der Waals surface area contributed by atoms with E-state index >= 15 is 0 Å². The van der Waals surface area contributed by atoms with Gasteiger partial charge in [0.15, 0.2) is 0 Å². The average Bonchev–Trinajstić information content (AvgIpc) is 2.49. The minimum Gasteiger partial charge on any atom is -0.264 e. The number of nitrogens with zero attached hydrogens (tertiary/aromatic N) is 4. The van der Waals surface area contributed by atoms with E-state index in [-0.39, 0.29) is 0 Å². The zero-order chi connectivity index (χ0) is 12.2. The molecule has 0 aliphatic heterocycles. The van der Waals surface area contributed by atoms with Crippen LogP contribution in [0.3, 0.4) is 0 Å². The standard InChI is InChI=1S/C14H10N4/c1-2-7-16-12(5-1)14-10-17-13(9-18-14)11-4-3-6-15-8-11/h1-10H. The normalized spacial score (nSPS) is 10.2. The lowest BCUT2D eigenvalue weighted by Crippen LogP contribution is -1.90. The molecule has 4 nitrogen and oxygen atoms in total. The van der Waals surface area contributed by atoms with Crippen LogP contribution < -0.4 is 0 Å². The van der Waals surface area contributed by atoms with Crippen molar-refractivity contribution >= 4 is 0 Å². The van der Waals surface area contributed by atoms with Gasteiger partial charge >= 0.3 is 0 Å². The maximum absolute atomic E-state index is 4.38. The Bertz CT molecular complexity index is 562. The second-order valence-electron chi connectivity index (χ2n) is 3.74. The molecule has 0 saturated heterocycles. The Hall–Kier alpha value is -2.62. The lowest BCUT2D eigenvalue weighted by molar-refractivity contribution is 1.17. The van der Waals surface area contributed by atoms with E-state index in [2.05, 4.69) is 19.9 Å². The van der Waals surface area contributed by atoms with Crippen LogP contribution in [-0.2, 0) is 0 Å². The van der Waals surface area contributed by atoms with Gasteiger partial charge in [-0.2, -0.15) is 0 Å². The van der Waals surface area contributed by atoms with Crippen molar-refractivity contribution in [1.29, 1.82) is 0 Å². The summed E-state index contributed by atoms with van der Waals surface area (Å²) in [7, 11) is 0. The van der Waals surface area contributed by atoms with Crippen LogP contribution in [0.1, 0.15) is 0 Å². The number of pyridine rings is 2. The Kier molecular flexibility index (Phi) is 2.75. The molecule has 0 amide bonds. The minimum absolute atomic E-state index is 0.767. The number of hydrogen-bond donors (Lipinski definition) is 0. The van der Waals surface area contributed by atoms with E-state index < -0.39 is 0 Å². The maximum atomic E-state index is 4.38. The Morgan fingerprint density at radius 2 is 1.50 bits per heavy atom. The third kappa shape index (κ3) is 2.08. The molecule has 0 atom stereocenters. The molecule has 0 aliphatic rings. The lowest BCUT2D eigenvalue weighted by atomic mass is 10.2. The first kappa shape index (κ1) is 10.5.